The Hall–Kier alpha value is -0.540. The fourth-order valence-electron chi connectivity index (χ4n) is 1.10. The van der Waals surface area contributed by atoms with E-state index in [-0.39, 0.29) is 0 Å². The van der Waals surface area contributed by atoms with E-state index in [9.17, 15) is 4.79 Å². The van der Waals surface area contributed by atoms with Crippen molar-refractivity contribution in [2.24, 2.45) is 0 Å². The summed E-state index contributed by atoms with van der Waals surface area (Å²) in [6.07, 6.45) is 1.25. The van der Waals surface area contributed by atoms with Crippen LogP contribution in [0.5, 0.6) is 5.75 Å². The average Bonchev–Trinajstić information content (AvgIpc) is 2.20. The van der Waals surface area contributed by atoms with E-state index in [1.54, 1.807) is 7.11 Å². The highest BCUT2D eigenvalue weighted by molar-refractivity contribution is 9.10. The lowest BCUT2D eigenvalue weighted by molar-refractivity contribution is -0.107. The number of aldehydes is 1. The number of methoxy groups -OCH3 is 1. The molecule has 0 aromatic heterocycles. The minimum absolute atomic E-state index is 0.471. The molecule has 1 rings (SSSR count). The minimum Gasteiger partial charge on any atom is -0.496 e. The van der Waals surface area contributed by atoms with Crippen LogP contribution in [0.4, 0.5) is 0 Å². The van der Waals surface area contributed by atoms with Crippen molar-refractivity contribution in [2.75, 3.05) is 7.11 Å². The SMILES string of the molecule is COc1cc(CC(Cl)C=O)ccc1Br. The van der Waals surface area contributed by atoms with Crippen LogP contribution < -0.4 is 4.74 Å². The number of carbonyl (C=O) groups is 1. The molecule has 1 aromatic carbocycles. The van der Waals surface area contributed by atoms with Gasteiger partial charge in [0.2, 0.25) is 0 Å². The van der Waals surface area contributed by atoms with Gasteiger partial charge in [-0.1, -0.05) is 6.07 Å². The number of benzene rings is 1. The number of hydrogen-bond acceptors (Lipinski definition) is 2. The van der Waals surface area contributed by atoms with Crippen LogP contribution in [0.1, 0.15) is 5.56 Å². The van der Waals surface area contributed by atoms with Gasteiger partial charge in [-0.2, -0.15) is 0 Å². The molecule has 0 aliphatic carbocycles. The molecule has 1 aromatic rings. The summed E-state index contributed by atoms with van der Waals surface area (Å²) in [5, 5.41) is -0.471. The van der Waals surface area contributed by atoms with E-state index in [1.165, 1.54) is 0 Å². The molecule has 0 heterocycles. The zero-order valence-electron chi connectivity index (χ0n) is 7.67. The van der Waals surface area contributed by atoms with E-state index < -0.39 is 5.38 Å². The first-order valence-corrected chi connectivity index (χ1v) is 5.32. The van der Waals surface area contributed by atoms with E-state index in [0.717, 1.165) is 22.1 Å². The Kier molecular flexibility index (Phi) is 4.42. The van der Waals surface area contributed by atoms with Crippen LogP contribution in [0.2, 0.25) is 0 Å². The molecule has 0 spiro atoms. The molecule has 2 nitrogen and oxygen atoms in total. The second-order valence-electron chi connectivity index (χ2n) is 2.83. The van der Waals surface area contributed by atoms with Crippen LogP contribution in [0.25, 0.3) is 0 Å². The van der Waals surface area contributed by atoms with Crippen molar-refractivity contribution in [3.63, 3.8) is 0 Å². The van der Waals surface area contributed by atoms with Gasteiger partial charge in [-0.05, 0) is 40.0 Å². The van der Waals surface area contributed by atoms with Crippen LogP contribution in [-0.4, -0.2) is 18.8 Å². The third kappa shape index (κ3) is 3.00. The highest BCUT2D eigenvalue weighted by Crippen LogP contribution is 2.26. The molecule has 0 aliphatic rings. The standard InChI is InChI=1S/C10H10BrClO2/c1-14-10-5-7(2-3-9(10)11)4-8(12)6-13/h2-3,5-6,8H,4H2,1H3. The number of rotatable bonds is 4. The lowest BCUT2D eigenvalue weighted by Crippen LogP contribution is -2.04. The zero-order valence-corrected chi connectivity index (χ0v) is 10.0. The van der Waals surface area contributed by atoms with Crippen LogP contribution >= 0.6 is 27.5 Å². The fourth-order valence-corrected chi connectivity index (χ4v) is 1.69. The number of alkyl halides is 1. The molecule has 1 unspecified atom stereocenters. The Bertz CT molecular complexity index is 328. The molecule has 0 fully saturated rings. The summed E-state index contributed by atoms with van der Waals surface area (Å²) in [7, 11) is 1.60. The van der Waals surface area contributed by atoms with E-state index in [4.69, 9.17) is 16.3 Å². The Balaban J connectivity index is 2.84. The minimum atomic E-state index is -0.471. The summed E-state index contributed by atoms with van der Waals surface area (Å²) < 4.78 is 6.01. The Labute approximate surface area is 96.3 Å². The number of halogens is 2. The zero-order chi connectivity index (χ0) is 10.6. The monoisotopic (exact) mass is 276 g/mol. The molecule has 0 bridgehead atoms. The summed E-state index contributed by atoms with van der Waals surface area (Å²) >= 11 is 9.06. The first-order chi connectivity index (χ1) is 6.67. The maximum Gasteiger partial charge on any atom is 0.138 e. The van der Waals surface area contributed by atoms with Gasteiger partial charge >= 0.3 is 0 Å². The van der Waals surface area contributed by atoms with Gasteiger partial charge < -0.3 is 9.53 Å². The number of carbonyl (C=O) groups excluding carboxylic acids is 1. The van der Waals surface area contributed by atoms with Gasteiger partial charge in [0, 0.05) is 0 Å². The van der Waals surface area contributed by atoms with Crippen molar-refractivity contribution in [1.29, 1.82) is 0 Å². The highest BCUT2D eigenvalue weighted by atomic mass is 79.9. The maximum atomic E-state index is 10.4. The molecule has 76 valence electrons. The molecule has 0 saturated heterocycles. The van der Waals surface area contributed by atoms with Crippen LogP contribution in [0.15, 0.2) is 22.7 Å². The maximum absolute atomic E-state index is 10.4. The topological polar surface area (TPSA) is 26.3 Å². The van der Waals surface area contributed by atoms with Gasteiger partial charge in [0.05, 0.1) is 17.0 Å². The lowest BCUT2D eigenvalue weighted by atomic mass is 10.1. The third-order valence-electron chi connectivity index (χ3n) is 1.79. The van der Waals surface area contributed by atoms with Crippen molar-refractivity contribution >= 4 is 33.8 Å². The fraction of sp³-hybridized carbons (Fsp3) is 0.300. The lowest BCUT2D eigenvalue weighted by Gasteiger charge is -2.07. The van der Waals surface area contributed by atoms with E-state index >= 15 is 0 Å². The summed E-state index contributed by atoms with van der Waals surface area (Å²) in [6, 6.07) is 5.65. The van der Waals surface area contributed by atoms with Crippen molar-refractivity contribution in [3.05, 3.63) is 28.2 Å². The van der Waals surface area contributed by atoms with Crippen LogP contribution in [0, 0.1) is 0 Å². The summed E-state index contributed by atoms with van der Waals surface area (Å²) in [4.78, 5) is 10.4. The number of hydrogen-bond donors (Lipinski definition) is 0. The van der Waals surface area contributed by atoms with Gasteiger partial charge in [0.1, 0.15) is 12.0 Å². The molecule has 4 heteroatoms. The van der Waals surface area contributed by atoms with Gasteiger partial charge in [-0.3, -0.25) is 0 Å². The van der Waals surface area contributed by atoms with E-state index in [1.807, 2.05) is 18.2 Å². The predicted molar refractivity (Wildman–Crippen MR) is 60.1 cm³/mol. The quantitative estimate of drug-likeness (QED) is 0.625. The summed E-state index contributed by atoms with van der Waals surface area (Å²) in [5.41, 5.74) is 0.983. The van der Waals surface area contributed by atoms with E-state index in [0.29, 0.717) is 6.42 Å². The normalized spacial score (nSPS) is 12.2. The van der Waals surface area contributed by atoms with Gasteiger partial charge in [-0.15, -0.1) is 11.6 Å². The molecule has 0 radical (unpaired) electrons. The van der Waals surface area contributed by atoms with Crippen molar-refractivity contribution in [2.45, 2.75) is 11.8 Å². The van der Waals surface area contributed by atoms with Gasteiger partial charge in [0.25, 0.3) is 0 Å². The molecule has 0 saturated carbocycles. The first-order valence-electron chi connectivity index (χ1n) is 4.09. The van der Waals surface area contributed by atoms with Crippen molar-refractivity contribution < 1.29 is 9.53 Å². The van der Waals surface area contributed by atoms with Gasteiger partial charge in [-0.25, -0.2) is 0 Å². The number of ether oxygens (including phenoxy) is 1. The third-order valence-corrected chi connectivity index (χ3v) is 2.71. The Morgan fingerprint density at radius 3 is 2.93 bits per heavy atom. The highest BCUT2D eigenvalue weighted by Gasteiger charge is 2.06. The largest absolute Gasteiger partial charge is 0.496 e. The molecular formula is C10H10BrClO2. The summed E-state index contributed by atoms with van der Waals surface area (Å²) in [6.45, 7) is 0. The van der Waals surface area contributed by atoms with Crippen LogP contribution in [-0.2, 0) is 11.2 Å². The Morgan fingerprint density at radius 2 is 2.36 bits per heavy atom. The van der Waals surface area contributed by atoms with Crippen molar-refractivity contribution in [1.82, 2.24) is 0 Å². The molecular weight excluding hydrogens is 267 g/mol. The molecule has 1 atom stereocenters. The first kappa shape index (κ1) is 11.5. The molecule has 0 N–H and O–H groups in total. The molecule has 0 aliphatic heterocycles. The van der Waals surface area contributed by atoms with E-state index in [2.05, 4.69) is 15.9 Å². The second-order valence-corrected chi connectivity index (χ2v) is 4.24. The van der Waals surface area contributed by atoms with Crippen molar-refractivity contribution in [3.8, 4) is 5.75 Å². The Morgan fingerprint density at radius 1 is 1.64 bits per heavy atom. The van der Waals surface area contributed by atoms with Gasteiger partial charge in [0.15, 0.2) is 0 Å². The summed E-state index contributed by atoms with van der Waals surface area (Å²) in [5.74, 6) is 0.747. The molecule has 14 heavy (non-hydrogen) atoms. The second kappa shape index (κ2) is 5.37. The average molecular weight is 278 g/mol. The molecule has 0 amide bonds. The van der Waals surface area contributed by atoms with Crippen LogP contribution in [0.3, 0.4) is 0 Å². The predicted octanol–water partition coefficient (Wildman–Crippen LogP) is 2.81. The smallest absolute Gasteiger partial charge is 0.138 e.